The summed E-state index contributed by atoms with van der Waals surface area (Å²) in [6.07, 6.45) is 2.81. The molecular weight excluding hydrogens is 181 g/mol. The molecule has 1 aliphatic carbocycles. The second-order valence-electron chi connectivity index (χ2n) is 1.17. The first-order chi connectivity index (χ1) is 1.89. The van der Waals surface area contributed by atoms with E-state index in [0.29, 0.717) is 0 Å². The maximum Gasteiger partial charge on any atom is 0.0146 e. The topological polar surface area (TPSA) is 0 Å². The summed E-state index contributed by atoms with van der Waals surface area (Å²) in [5.41, 5.74) is 0. The number of hydrogen-bond donors (Lipinski definition) is 0. The molecule has 1 fully saturated rings. The van der Waals surface area contributed by atoms with Crippen LogP contribution in [-0.4, -0.2) is 4.83 Å². The van der Waals surface area contributed by atoms with Crippen LogP contribution in [0.25, 0.3) is 0 Å². The fourth-order valence-electron chi connectivity index (χ4n) is 0.0630. The van der Waals surface area contributed by atoms with Crippen molar-refractivity contribution in [2.45, 2.75) is 17.7 Å². The Morgan fingerprint density at radius 2 is 1.60 bits per heavy atom. The molecule has 0 aromatic rings. The van der Waals surface area contributed by atoms with Gasteiger partial charge in [-0.2, -0.15) is 0 Å². The average molecular weight is 186 g/mol. The van der Waals surface area contributed by atoms with Crippen molar-refractivity contribution in [3.63, 3.8) is 0 Å². The van der Waals surface area contributed by atoms with Crippen molar-refractivity contribution in [1.29, 1.82) is 0 Å². The average Bonchev–Trinajstić information content (AvgIpc) is 1.75. The van der Waals surface area contributed by atoms with E-state index in [0.717, 1.165) is 4.83 Å². The van der Waals surface area contributed by atoms with Crippen molar-refractivity contribution in [2.24, 2.45) is 0 Å². The van der Waals surface area contributed by atoms with E-state index in [1.807, 2.05) is 0 Å². The molecule has 0 bridgehead atoms. The van der Waals surface area contributed by atoms with E-state index in [1.165, 1.54) is 12.8 Å². The fourth-order valence-corrected chi connectivity index (χ4v) is 0.327. The molecule has 0 aromatic carbocycles. The van der Waals surface area contributed by atoms with Crippen LogP contribution >= 0.6 is 15.9 Å². The van der Waals surface area contributed by atoms with Crippen LogP contribution in [0.15, 0.2) is 0 Å². The molecule has 0 radical (unpaired) electrons. The third-order valence-electron chi connectivity index (χ3n) is 0.507. The number of rotatable bonds is 0. The predicted octanol–water partition coefficient (Wildman–Crippen LogP) is 1.54. The third kappa shape index (κ3) is 2.92. The molecule has 0 N–H and O–H groups in total. The van der Waals surface area contributed by atoms with Gasteiger partial charge in [-0.25, -0.2) is 0 Å². The van der Waals surface area contributed by atoms with Crippen LogP contribution in [0.5, 0.6) is 0 Å². The minimum absolute atomic E-state index is 0. The molecule has 0 heterocycles. The van der Waals surface area contributed by atoms with E-state index in [9.17, 15) is 0 Å². The summed E-state index contributed by atoms with van der Waals surface area (Å²) in [7, 11) is 0. The van der Waals surface area contributed by atoms with Gasteiger partial charge in [0, 0.05) is 24.3 Å². The first-order valence-electron chi connectivity index (χ1n) is 1.53. The van der Waals surface area contributed by atoms with Gasteiger partial charge >= 0.3 is 0 Å². The molecule has 0 unspecified atom stereocenters. The van der Waals surface area contributed by atoms with Crippen molar-refractivity contribution >= 4 is 15.9 Å². The fraction of sp³-hybridized carbons (Fsp3) is 1.00. The zero-order valence-electron chi connectivity index (χ0n) is 3.08. The smallest absolute Gasteiger partial charge is 0.0146 e. The van der Waals surface area contributed by atoms with Crippen molar-refractivity contribution in [2.75, 3.05) is 0 Å². The van der Waals surface area contributed by atoms with E-state index in [-0.39, 0.29) is 19.5 Å². The molecule has 5 heavy (non-hydrogen) atoms. The molecule has 1 aliphatic rings. The summed E-state index contributed by atoms with van der Waals surface area (Å²) in [6, 6.07) is 0. The molecule has 26 valence electrons. The Morgan fingerprint density at radius 1 is 1.40 bits per heavy atom. The van der Waals surface area contributed by atoms with Crippen LogP contribution in [0.2, 0.25) is 0 Å². The monoisotopic (exact) mass is 184 g/mol. The summed E-state index contributed by atoms with van der Waals surface area (Å²) in [5.74, 6) is 0. The van der Waals surface area contributed by atoms with Crippen LogP contribution < -0.4 is 0 Å². The SMILES string of the molecule is BrC1CC1.[Zn]. The summed E-state index contributed by atoms with van der Waals surface area (Å²) in [6.45, 7) is 0. The maximum absolute atomic E-state index is 3.38. The van der Waals surface area contributed by atoms with Gasteiger partial charge in [-0.3, -0.25) is 0 Å². The molecule has 2 heteroatoms. The second-order valence-corrected chi connectivity index (χ2v) is 2.47. The van der Waals surface area contributed by atoms with Gasteiger partial charge in [-0.15, -0.1) is 0 Å². The second kappa shape index (κ2) is 2.31. The first kappa shape index (κ1) is 6.10. The van der Waals surface area contributed by atoms with Crippen LogP contribution in [0.4, 0.5) is 0 Å². The van der Waals surface area contributed by atoms with Crippen LogP contribution in [0.3, 0.4) is 0 Å². The van der Waals surface area contributed by atoms with E-state index in [2.05, 4.69) is 15.9 Å². The van der Waals surface area contributed by atoms with E-state index in [4.69, 9.17) is 0 Å². The molecule has 0 spiro atoms. The molecule has 0 nitrogen and oxygen atoms in total. The normalized spacial score (nSPS) is 21.0. The molecule has 1 rings (SSSR count). The number of hydrogen-bond acceptors (Lipinski definition) is 0. The van der Waals surface area contributed by atoms with Gasteiger partial charge in [0.1, 0.15) is 0 Å². The zero-order chi connectivity index (χ0) is 2.99. The minimum Gasteiger partial charge on any atom is -0.0891 e. The van der Waals surface area contributed by atoms with Crippen LogP contribution in [-0.2, 0) is 19.5 Å². The maximum atomic E-state index is 3.38. The van der Waals surface area contributed by atoms with Gasteiger partial charge in [0.25, 0.3) is 0 Å². The predicted molar refractivity (Wildman–Crippen MR) is 21.9 cm³/mol. The number of halogens is 1. The van der Waals surface area contributed by atoms with Crippen molar-refractivity contribution in [1.82, 2.24) is 0 Å². The Labute approximate surface area is 53.2 Å². The quantitative estimate of drug-likeness (QED) is 0.398. The van der Waals surface area contributed by atoms with E-state index < -0.39 is 0 Å². The molecular formula is C3H5BrZn. The van der Waals surface area contributed by atoms with Crippen LogP contribution in [0, 0.1) is 0 Å². The summed E-state index contributed by atoms with van der Waals surface area (Å²) in [4.78, 5) is 0.896. The van der Waals surface area contributed by atoms with Gasteiger partial charge in [-0.1, -0.05) is 15.9 Å². The largest absolute Gasteiger partial charge is 0.0891 e. The standard InChI is InChI=1S/C3H5Br.Zn/c4-3-1-2-3;/h3H,1-2H2;. The zero-order valence-corrected chi connectivity index (χ0v) is 7.63. The first-order valence-corrected chi connectivity index (χ1v) is 2.45. The van der Waals surface area contributed by atoms with Crippen molar-refractivity contribution < 1.29 is 19.5 Å². The minimum atomic E-state index is 0. The van der Waals surface area contributed by atoms with Gasteiger partial charge in [-0.05, 0) is 12.8 Å². The molecule has 0 aromatic heterocycles. The molecule has 0 atom stereocenters. The molecule has 0 amide bonds. The van der Waals surface area contributed by atoms with Crippen LogP contribution in [0.1, 0.15) is 12.8 Å². The number of alkyl halides is 1. The Bertz CT molecular complexity index is 26.1. The molecule has 0 saturated heterocycles. The van der Waals surface area contributed by atoms with Crippen molar-refractivity contribution in [3.05, 3.63) is 0 Å². The molecule has 1 saturated carbocycles. The summed E-state index contributed by atoms with van der Waals surface area (Å²) in [5, 5.41) is 0. The van der Waals surface area contributed by atoms with E-state index >= 15 is 0 Å². The molecule has 0 aliphatic heterocycles. The Morgan fingerprint density at radius 3 is 1.60 bits per heavy atom. The Kier molecular flexibility index (Phi) is 2.82. The Hall–Kier alpha value is 1.10. The van der Waals surface area contributed by atoms with Gasteiger partial charge in [0.2, 0.25) is 0 Å². The summed E-state index contributed by atoms with van der Waals surface area (Å²) >= 11 is 3.38. The Balaban J connectivity index is 0.000000160. The van der Waals surface area contributed by atoms with E-state index in [1.54, 1.807) is 0 Å². The van der Waals surface area contributed by atoms with Crippen molar-refractivity contribution in [3.8, 4) is 0 Å². The van der Waals surface area contributed by atoms with Gasteiger partial charge in [0.05, 0.1) is 0 Å². The summed E-state index contributed by atoms with van der Waals surface area (Å²) < 4.78 is 0. The van der Waals surface area contributed by atoms with Gasteiger partial charge < -0.3 is 0 Å². The van der Waals surface area contributed by atoms with Gasteiger partial charge in [0.15, 0.2) is 0 Å². The third-order valence-corrected chi connectivity index (χ3v) is 1.42.